The van der Waals surface area contributed by atoms with E-state index >= 15 is 0 Å². The van der Waals surface area contributed by atoms with Crippen molar-refractivity contribution in [1.82, 2.24) is 10.2 Å². The molecular formula is C21H22N2O5. The van der Waals surface area contributed by atoms with E-state index in [0.29, 0.717) is 0 Å². The Bertz CT molecular complexity index is 835. The molecule has 1 aromatic carbocycles. The van der Waals surface area contributed by atoms with Crippen LogP contribution in [-0.4, -0.2) is 45.8 Å². The number of rotatable bonds is 6. The summed E-state index contributed by atoms with van der Waals surface area (Å²) >= 11 is 0. The fraction of sp³-hybridized carbons (Fsp3) is 0.429. The van der Waals surface area contributed by atoms with Gasteiger partial charge in [0.1, 0.15) is 12.1 Å². The highest BCUT2D eigenvalue weighted by Gasteiger charge is 2.61. The maximum absolute atomic E-state index is 13.1. The minimum atomic E-state index is -1.18. The number of aliphatic carboxylic acids is 1. The van der Waals surface area contributed by atoms with Crippen LogP contribution in [0, 0.1) is 23.7 Å². The fourth-order valence-electron chi connectivity index (χ4n) is 4.74. The van der Waals surface area contributed by atoms with E-state index in [9.17, 15) is 19.2 Å². The van der Waals surface area contributed by atoms with E-state index in [1.165, 1.54) is 6.92 Å². The van der Waals surface area contributed by atoms with Gasteiger partial charge in [0.15, 0.2) is 0 Å². The van der Waals surface area contributed by atoms with Gasteiger partial charge in [-0.05, 0) is 30.7 Å². The fourth-order valence-corrected chi connectivity index (χ4v) is 4.74. The molecular weight excluding hydrogens is 360 g/mol. The summed E-state index contributed by atoms with van der Waals surface area (Å²) < 4.78 is 0. The molecule has 4 rings (SSSR count). The summed E-state index contributed by atoms with van der Waals surface area (Å²) in [6.45, 7) is 1.35. The molecule has 6 atom stereocenters. The van der Waals surface area contributed by atoms with Crippen LogP contribution in [-0.2, 0) is 25.6 Å². The monoisotopic (exact) mass is 382 g/mol. The van der Waals surface area contributed by atoms with Gasteiger partial charge >= 0.3 is 5.97 Å². The van der Waals surface area contributed by atoms with E-state index in [1.54, 1.807) is 0 Å². The van der Waals surface area contributed by atoms with Crippen molar-refractivity contribution in [2.45, 2.75) is 31.8 Å². The molecule has 1 aromatic rings. The number of hydrogen-bond donors (Lipinski definition) is 2. The molecule has 0 radical (unpaired) electrons. The molecule has 2 fully saturated rings. The molecule has 7 heteroatoms. The van der Waals surface area contributed by atoms with Crippen molar-refractivity contribution in [3.8, 4) is 0 Å². The van der Waals surface area contributed by atoms with Gasteiger partial charge in [-0.25, -0.2) is 0 Å². The van der Waals surface area contributed by atoms with Crippen molar-refractivity contribution in [2.24, 2.45) is 23.7 Å². The minimum Gasteiger partial charge on any atom is -0.480 e. The van der Waals surface area contributed by atoms with Crippen LogP contribution in [0.1, 0.15) is 18.9 Å². The Hall–Kier alpha value is -2.96. The first-order chi connectivity index (χ1) is 13.4. The number of imide groups is 1. The van der Waals surface area contributed by atoms with Crippen LogP contribution in [0.3, 0.4) is 0 Å². The van der Waals surface area contributed by atoms with Crippen LogP contribution in [0.5, 0.6) is 0 Å². The van der Waals surface area contributed by atoms with Crippen LogP contribution < -0.4 is 5.32 Å². The molecule has 146 valence electrons. The van der Waals surface area contributed by atoms with E-state index in [2.05, 4.69) is 5.32 Å². The quantitative estimate of drug-likeness (QED) is 0.564. The first-order valence-corrected chi connectivity index (χ1v) is 9.51. The number of carboxylic acids is 1. The van der Waals surface area contributed by atoms with E-state index in [1.807, 2.05) is 42.5 Å². The van der Waals surface area contributed by atoms with Gasteiger partial charge in [-0.2, -0.15) is 0 Å². The molecule has 3 amide bonds. The van der Waals surface area contributed by atoms with E-state index in [-0.39, 0.29) is 30.1 Å². The molecule has 1 saturated carbocycles. The Morgan fingerprint density at radius 3 is 2.21 bits per heavy atom. The second-order valence-corrected chi connectivity index (χ2v) is 7.82. The number of likely N-dealkylation sites (tertiary alicyclic amines) is 1. The third kappa shape index (κ3) is 2.91. The zero-order chi connectivity index (χ0) is 20.0. The highest BCUT2D eigenvalue weighted by atomic mass is 16.4. The smallest absolute Gasteiger partial charge is 0.325 e. The molecule has 2 aliphatic carbocycles. The highest BCUT2D eigenvalue weighted by Crippen LogP contribution is 2.52. The zero-order valence-corrected chi connectivity index (χ0v) is 15.4. The summed E-state index contributed by atoms with van der Waals surface area (Å²) in [6, 6.07) is 6.93. The van der Waals surface area contributed by atoms with Crippen molar-refractivity contribution in [3.63, 3.8) is 0 Å². The first kappa shape index (κ1) is 18.4. The molecule has 1 saturated heterocycles. The molecule has 0 aromatic heterocycles. The largest absolute Gasteiger partial charge is 0.480 e. The van der Waals surface area contributed by atoms with Gasteiger partial charge < -0.3 is 10.4 Å². The van der Waals surface area contributed by atoms with Crippen molar-refractivity contribution in [3.05, 3.63) is 48.0 Å². The summed E-state index contributed by atoms with van der Waals surface area (Å²) in [5.41, 5.74) is 0.796. The van der Waals surface area contributed by atoms with Gasteiger partial charge in [0.05, 0.1) is 11.8 Å². The molecule has 7 nitrogen and oxygen atoms in total. The number of hydrogen-bond acceptors (Lipinski definition) is 4. The number of allylic oxidation sites excluding steroid dienone is 2. The predicted octanol–water partition coefficient (Wildman–Crippen LogP) is 0.994. The highest BCUT2D eigenvalue weighted by molar-refractivity contribution is 6.09. The Kier molecular flexibility index (Phi) is 4.53. The van der Waals surface area contributed by atoms with Crippen LogP contribution in [0.25, 0.3) is 0 Å². The summed E-state index contributed by atoms with van der Waals surface area (Å²) in [5.74, 6) is -3.12. The third-order valence-electron chi connectivity index (χ3n) is 6.12. The van der Waals surface area contributed by atoms with Crippen molar-refractivity contribution in [1.29, 1.82) is 0 Å². The Morgan fingerprint density at radius 1 is 1.11 bits per heavy atom. The molecule has 2 N–H and O–H groups in total. The normalized spacial score (nSPS) is 29.7. The summed E-state index contributed by atoms with van der Waals surface area (Å²) in [7, 11) is 0. The average Bonchev–Trinajstić information content (AvgIpc) is 3.35. The minimum absolute atomic E-state index is 0.0508. The topological polar surface area (TPSA) is 104 Å². The summed E-state index contributed by atoms with van der Waals surface area (Å²) in [6.07, 6.45) is 4.96. The maximum atomic E-state index is 13.1. The number of carbonyl (C=O) groups excluding carboxylic acids is 3. The zero-order valence-electron chi connectivity index (χ0n) is 15.4. The van der Waals surface area contributed by atoms with E-state index in [0.717, 1.165) is 16.9 Å². The van der Waals surface area contributed by atoms with Gasteiger partial charge in [0.25, 0.3) is 0 Å². The van der Waals surface area contributed by atoms with Crippen molar-refractivity contribution in [2.75, 3.05) is 0 Å². The molecule has 1 aliphatic heterocycles. The van der Waals surface area contributed by atoms with Gasteiger partial charge in [0, 0.05) is 6.42 Å². The van der Waals surface area contributed by atoms with Gasteiger partial charge in [-0.15, -0.1) is 0 Å². The lowest BCUT2D eigenvalue weighted by Crippen LogP contribution is -2.54. The van der Waals surface area contributed by atoms with Crippen LogP contribution >= 0.6 is 0 Å². The molecule has 28 heavy (non-hydrogen) atoms. The second kappa shape index (κ2) is 6.89. The molecule has 1 heterocycles. The number of nitrogens with one attached hydrogen (secondary N) is 1. The standard InChI is InChI=1S/C21H22N2O5/c1-11(21(27)28)22-18(24)15(9-12-5-3-2-4-6-12)23-19(25)16-13-7-8-14(10-13)17(16)20(23)26/h2-8,11,13-17H,9-10H2,1H3,(H,22,24)(H,27,28). The Balaban J connectivity index is 1.63. The van der Waals surface area contributed by atoms with E-state index < -0.39 is 35.8 Å². The molecule has 0 spiro atoms. The number of carbonyl (C=O) groups is 4. The molecule has 6 unspecified atom stereocenters. The van der Waals surface area contributed by atoms with Crippen LogP contribution in [0.15, 0.2) is 42.5 Å². The van der Waals surface area contributed by atoms with Crippen molar-refractivity contribution < 1.29 is 24.3 Å². The third-order valence-corrected chi connectivity index (χ3v) is 6.12. The maximum Gasteiger partial charge on any atom is 0.325 e. The number of benzene rings is 1. The van der Waals surface area contributed by atoms with Crippen molar-refractivity contribution >= 4 is 23.7 Å². The van der Waals surface area contributed by atoms with E-state index in [4.69, 9.17) is 5.11 Å². The lowest BCUT2D eigenvalue weighted by molar-refractivity contribution is -0.149. The average molecular weight is 382 g/mol. The number of nitrogens with zero attached hydrogens (tertiary/aromatic N) is 1. The number of amides is 3. The van der Waals surface area contributed by atoms with Crippen LogP contribution in [0.4, 0.5) is 0 Å². The van der Waals surface area contributed by atoms with Gasteiger partial charge in [0.2, 0.25) is 17.7 Å². The SMILES string of the molecule is CC(NC(=O)C(Cc1ccccc1)N1C(=O)C2C3C=CC(C3)C2C1=O)C(=O)O. The second-order valence-electron chi connectivity index (χ2n) is 7.82. The van der Waals surface area contributed by atoms with Gasteiger partial charge in [-0.1, -0.05) is 42.5 Å². The lowest BCUT2D eigenvalue weighted by atomic mass is 9.85. The summed E-state index contributed by atoms with van der Waals surface area (Å²) in [4.78, 5) is 51.4. The lowest BCUT2D eigenvalue weighted by Gasteiger charge is -2.28. The Labute approximate surface area is 162 Å². The number of carboxylic acid groups (broad SMARTS) is 1. The number of fused-ring (bicyclic) bond motifs is 5. The first-order valence-electron chi connectivity index (χ1n) is 9.51. The van der Waals surface area contributed by atoms with Gasteiger partial charge in [-0.3, -0.25) is 24.1 Å². The Morgan fingerprint density at radius 2 is 1.68 bits per heavy atom. The molecule has 2 bridgehead atoms. The summed E-state index contributed by atoms with van der Waals surface area (Å²) in [5, 5.41) is 11.5. The van der Waals surface area contributed by atoms with Crippen LogP contribution in [0.2, 0.25) is 0 Å². The molecule has 3 aliphatic rings. The predicted molar refractivity (Wildman–Crippen MR) is 98.7 cm³/mol.